The Morgan fingerprint density at radius 3 is 2.76 bits per heavy atom. The summed E-state index contributed by atoms with van der Waals surface area (Å²) in [6.07, 6.45) is -0.219. The van der Waals surface area contributed by atoms with E-state index in [-0.39, 0.29) is 23.8 Å². The van der Waals surface area contributed by atoms with Crippen LogP contribution in [0, 0.1) is 0 Å². The first-order valence-electron chi connectivity index (χ1n) is 5.91. The second-order valence-electron chi connectivity index (χ2n) is 4.03. The number of hydrogen-bond donors (Lipinski definition) is 2. The highest BCUT2D eigenvalue weighted by atomic mass is 32.2. The maximum atomic E-state index is 11.8. The fourth-order valence-corrected chi connectivity index (χ4v) is 2.44. The molecule has 0 atom stereocenters. The van der Waals surface area contributed by atoms with Crippen molar-refractivity contribution in [3.8, 4) is 5.75 Å². The maximum absolute atomic E-state index is 11.8. The Hall–Kier alpha value is -1.87. The quantitative estimate of drug-likeness (QED) is 0.532. The molecule has 0 bridgehead atoms. The summed E-state index contributed by atoms with van der Waals surface area (Å²) < 4.78 is 35.6. The highest BCUT2D eigenvalue weighted by Gasteiger charge is 2.14. The molecule has 0 aliphatic rings. The summed E-state index contributed by atoms with van der Waals surface area (Å²) in [6.45, 7) is 0.0634. The first-order chi connectivity index (χ1) is 9.82. The van der Waals surface area contributed by atoms with E-state index >= 15 is 0 Å². The van der Waals surface area contributed by atoms with E-state index in [1.54, 1.807) is 18.2 Å². The first-order valence-corrected chi connectivity index (χ1v) is 7.97. The Bertz CT molecular complexity index is 616. The SMILES string of the molecule is COC(=O)CCS(=O)(=O)Nc1cccc(OCC(N)=S)c1. The maximum Gasteiger partial charge on any atom is 0.306 e. The molecule has 1 aromatic carbocycles. The zero-order chi connectivity index (χ0) is 15.9. The van der Waals surface area contributed by atoms with Crippen LogP contribution in [0.4, 0.5) is 5.69 Å². The summed E-state index contributed by atoms with van der Waals surface area (Å²) in [4.78, 5) is 11.1. The predicted molar refractivity (Wildman–Crippen MR) is 82.8 cm³/mol. The fraction of sp³-hybridized carbons (Fsp3) is 0.333. The highest BCUT2D eigenvalue weighted by molar-refractivity contribution is 7.92. The van der Waals surface area contributed by atoms with E-state index in [0.717, 1.165) is 0 Å². The van der Waals surface area contributed by atoms with Crippen LogP contribution in [0.15, 0.2) is 24.3 Å². The van der Waals surface area contributed by atoms with Gasteiger partial charge in [-0.1, -0.05) is 18.3 Å². The Morgan fingerprint density at radius 2 is 2.14 bits per heavy atom. The molecule has 0 saturated heterocycles. The van der Waals surface area contributed by atoms with Gasteiger partial charge in [-0.2, -0.15) is 0 Å². The van der Waals surface area contributed by atoms with Crippen molar-refractivity contribution in [1.82, 2.24) is 0 Å². The molecule has 21 heavy (non-hydrogen) atoms. The molecule has 7 nitrogen and oxygen atoms in total. The molecule has 9 heteroatoms. The number of carbonyl (C=O) groups is 1. The second kappa shape index (κ2) is 7.79. The lowest BCUT2D eigenvalue weighted by Crippen LogP contribution is -2.20. The lowest BCUT2D eigenvalue weighted by Gasteiger charge is -2.10. The zero-order valence-electron chi connectivity index (χ0n) is 11.4. The number of rotatable bonds is 8. The summed E-state index contributed by atoms with van der Waals surface area (Å²) in [5.41, 5.74) is 5.63. The minimum absolute atomic E-state index is 0.0634. The lowest BCUT2D eigenvalue weighted by atomic mass is 10.3. The van der Waals surface area contributed by atoms with E-state index in [4.69, 9.17) is 10.5 Å². The summed E-state index contributed by atoms with van der Waals surface area (Å²) in [7, 11) is -2.45. The number of anilines is 1. The van der Waals surface area contributed by atoms with Gasteiger partial charge in [0.25, 0.3) is 0 Å². The smallest absolute Gasteiger partial charge is 0.306 e. The molecule has 0 heterocycles. The molecule has 0 saturated carbocycles. The van der Waals surface area contributed by atoms with Crippen molar-refractivity contribution in [3.05, 3.63) is 24.3 Å². The van der Waals surface area contributed by atoms with Crippen LogP contribution in [0.1, 0.15) is 6.42 Å². The molecular formula is C12H16N2O5S2. The summed E-state index contributed by atoms with van der Waals surface area (Å²) in [5.74, 6) is -0.526. The number of nitrogens with one attached hydrogen (secondary N) is 1. The van der Waals surface area contributed by atoms with Gasteiger partial charge in [-0.15, -0.1) is 0 Å². The van der Waals surface area contributed by atoms with Crippen molar-refractivity contribution in [2.45, 2.75) is 6.42 Å². The average molecular weight is 332 g/mol. The Kier molecular flexibility index (Phi) is 6.38. The third-order valence-corrected chi connectivity index (χ3v) is 3.70. The summed E-state index contributed by atoms with van der Waals surface area (Å²) in [6, 6.07) is 6.31. The topological polar surface area (TPSA) is 108 Å². The molecule has 0 amide bonds. The van der Waals surface area contributed by atoms with Crippen molar-refractivity contribution in [2.75, 3.05) is 24.2 Å². The minimum Gasteiger partial charge on any atom is -0.486 e. The lowest BCUT2D eigenvalue weighted by molar-refractivity contribution is -0.140. The largest absolute Gasteiger partial charge is 0.486 e. The van der Waals surface area contributed by atoms with E-state index in [9.17, 15) is 13.2 Å². The van der Waals surface area contributed by atoms with Crippen LogP contribution < -0.4 is 15.2 Å². The Balaban J connectivity index is 2.67. The Morgan fingerprint density at radius 1 is 1.43 bits per heavy atom. The molecular weight excluding hydrogens is 316 g/mol. The monoisotopic (exact) mass is 332 g/mol. The van der Waals surface area contributed by atoms with Gasteiger partial charge in [0.2, 0.25) is 10.0 Å². The van der Waals surface area contributed by atoms with Gasteiger partial charge in [0, 0.05) is 6.07 Å². The van der Waals surface area contributed by atoms with Crippen molar-refractivity contribution < 1.29 is 22.7 Å². The van der Waals surface area contributed by atoms with Crippen LogP contribution >= 0.6 is 12.2 Å². The number of ether oxygens (including phenoxy) is 2. The molecule has 0 spiro atoms. The molecule has 1 aromatic rings. The molecule has 1 rings (SSSR count). The zero-order valence-corrected chi connectivity index (χ0v) is 13.0. The van der Waals surface area contributed by atoms with Crippen molar-refractivity contribution in [3.63, 3.8) is 0 Å². The van der Waals surface area contributed by atoms with Crippen molar-refractivity contribution in [2.24, 2.45) is 5.73 Å². The summed E-state index contributed by atoms with van der Waals surface area (Å²) >= 11 is 4.68. The number of methoxy groups -OCH3 is 1. The van der Waals surface area contributed by atoms with Crippen molar-refractivity contribution >= 4 is 38.9 Å². The van der Waals surface area contributed by atoms with E-state index in [0.29, 0.717) is 11.4 Å². The third kappa shape index (κ3) is 6.91. The van der Waals surface area contributed by atoms with Crippen LogP contribution in [0.25, 0.3) is 0 Å². The highest BCUT2D eigenvalue weighted by Crippen LogP contribution is 2.18. The minimum atomic E-state index is -3.64. The van der Waals surface area contributed by atoms with Crippen molar-refractivity contribution in [1.29, 1.82) is 0 Å². The standard InChI is InChI=1S/C12H16N2O5S2/c1-18-12(15)5-6-21(16,17)14-9-3-2-4-10(7-9)19-8-11(13)20/h2-4,7,14H,5-6,8H2,1H3,(H2,13,20). The number of benzene rings is 1. The van der Waals surface area contributed by atoms with Gasteiger partial charge in [0.1, 0.15) is 17.3 Å². The number of thiocarbonyl (C=S) groups is 1. The molecule has 116 valence electrons. The van der Waals surface area contributed by atoms with Gasteiger partial charge in [-0.05, 0) is 12.1 Å². The van der Waals surface area contributed by atoms with Crippen LogP contribution in [-0.4, -0.2) is 38.8 Å². The van der Waals surface area contributed by atoms with Gasteiger partial charge < -0.3 is 15.2 Å². The number of esters is 1. The van der Waals surface area contributed by atoms with Gasteiger partial charge in [-0.3, -0.25) is 9.52 Å². The number of nitrogens with two attached hydrogens (primary N) is 1. The predicted octanol–water partition coefficient (Wildman–Crippen LogP) is 0.656. The van der Waals surface area contributed by atoms with Crippen LogP contribution in [0.2, 0.25) is 0 Å². The van der Waals surface area contributed by atoms with Crippen LogP contribution in [0.5, 0.6) is 5.75 Å². The molecule has 0 aromatic heterocycles. The van der Waals surface area contributed by atoms with E-state index in [1.165, 1.54) is 13.2 Å². The normalized spacial score (nSPS) is 10.7. The number of carbonyl (C=O) groups excluding carboxylic acids is 1. The fourth-order valence-electron chi connectivity index (χ4n) is 1.35. The third-order valence-electron chi connectivity index (χ3n) is 2.29. The van der Waals surface area contributed by atoms with Gasteiger partial charge in [0.15, 0.2) is 0 Å². The van der Waals surface area contributed by atoms with Gasteiger partial charge >= 0.3 is 5.97 Å². The number of hydrogen-bond acceptors (Lipinski definition) is 6. The van der Waals surface area contributed by atoms with E-state index in [2.05, 4.69) is 21.7 Å². The van der Waals surface area contributed by atoms with E-state index in [1.807, 2.05) is 0 Å². The molecule has 0 aliphatic heterocycles. The van der Waals surface area contributed by atoms with Gasteiger partial charge in [-0.25, -0.2) is 8.42 Å². The van der Waals surface area contributed by atoms with Gasteiger partial charge in [0.05, 0.1) is 25.0 Å². The summed E-state index contributed by atoms with van der Waals surface area (Å²) in [5, 5.41) is 0. The van der Waals surface area contributed by atoms with Crippen LogP contribution in [0.3, 0.4) is 0 Å². The average Bonchev–Trinajstić information content (AvgIpc) is 2.42. The first kappa shape index (κ1) is 17.2. The molecule has 0 aliphatic carbocycles. The van der Waals surface area contributed by atoms with E-state index < -0.39 is 16.0 Å². The molecule has 3 N–H and O–H groups in total. The second-order valence-corrected chi connectivity index (χ2v) is 6.40. The molecule has 0 fully saturated rings. The number of sulfonamides is 1. The Labute approximate surface area is 128 Å². The van der Waals surface area contributed by atoms with Crippen LogP contribution in [-0.2, 0) is 19.6 Å². The molecule has 0 radical (unpaired) electrons. The molecule has 0 unspecified atom stereocenters.